The summed E-state index contributed by atoms with van der Waals surface area (Å²) in [5, 5.41) is 5.81. The molecule has 2 fully saturated rings. The highest BCUT2D eigenvalue weighted by Crippen LogP contribution is 2.33. The van der Waals surface area contributed by atoms with E-state index in [4.69, 9.17) is 0 Å². The Morgan fingerprint density at radius 3 is 1.91 bits per heavy atom. The van der Waals surface area contributed by atoms with Crippen LogP contribution in [-0.2, 0) is 0 Å². The molecule has 124 valence electrons. The van der Waals surface area contributed by atoms with Crippen LogP contribution in [0.1, 0.15) is 33.3 Å². The van der Waals surface area contributed by atoms with Gasteiger partial charge in [-0.15, -0.1) is 0 Å². The number of benzene rings is 1. The quantitative estimate of drug-likeness (QED) is 0.823. The van der Waals surface area contributed by atoms with Crippen molar-refractivity contribution in [3.8, 4) is 0 Å². The maximum atomic E-state index is 12.2. The average Bonchev–Trinajstić information content (AvgIpc) is 3.28. The van der Waals surface area contributed by atoms with E-state index < -0.39 is 0 Å². The Balaban J connectivity index is 1.67. The second kappa shape index (κ2) is 4.88. The van der Waals surface area contributed by atoms with E-state index in [1.807, 2.05) is 46.8 Å². The number of hydrogen-bond donors (Lipinski definition) is 2. The van der Waals surface area contributed by atoms with E-state index in [0.29, 0.717) is 5.69 Å². The van der Waals surface area contributed by atoms with Gasteiger partial charge in [-0.3, -0.25) is 0 Å². The van der Waals surface area contributed by atoms with Crippen molar-refractivity contribution < 1.29 is 9.59 Å². The van der Waals surface area contributed by atoms with Crippen molar-refractivity contribution in [3.05, 3.63) is 23.8 Å². The molecule has 2 aliphatic heterocycles. The van der Waals surface area contributed by atoms with Gasteiger partial charge in [0.25, 0.3) is 0 Å². The summed E-state index contributed by atoms with van der Waals surface area (Å²) in [7, 11) is 0. The molecular formula is C17H24N4O2. The summed E-state index contributed by atoms with van der Waals surface area (Å²) < 4.78 is 0. The van der Waals surface area contributed by atoms with Gasteiger partial charge in [-0.05, 0) is 52.3 Å². The Bertz CT molecular complexity index is 681. The number of carbonyl (C=O) groups is 2. The Hall–Kier alpha value is -2.24. The third-order valence-electron chi connectivity index (χ3n) is 4.57. The maximum Gasteiger partial charge on any atom is 0.322 e. The summed E-state index contributed by atoms with van der Waals surface area (Å²) in [4.78, 5) is 27.9. The largest absolute Gasteiger partial charge is 0.322 e. The maximum absolute atomic E-state index is 12.2. The van der Waals surface area contributed by atoms with E-state index in [2.05, 4.69) is 10.6 Å². The average molecular weight is 316 g/mol. The Morgan fingerprint density at radius 2 is 1.43 bits per heavy atom. The van der Waals surface area contributed by atoms with E-state index in [-0.39, 0.29) is 23.1 Å². The monoisotopic (exact) mass is 316 g/mol. The van der Waals surface area contributed by atoms with Crippen LogP contribution in [-0.4, -0.2) is 46.0 Å². The number of nitrogens with one attached hydrogen (secondary N) is 2. The van der Waals surface area contributed by atoms with E-state index in [1.165, 1.54) is 0 Å². The van der Waals surface area contributed by atoms with Crippen molar-refractivity contribution in [2.45, 2.75) is 45.7 Å². The lowest BCUT2D eigenvalue weighted by Gasteiger charge is -2.14. The number of nitrogens with zero attached hydrogens (tertiary/aromatic N) is 2. The van der Waals surface area contributed by atoms with Crippen LogP contribution < -0.4 is 10.6 Å². The van der Waals surface area contributed by atoms with Crippen LogP contribution in [0.4, 0.5) is 21.0 Å². The lowest BCUT2D eigenvalue weighted by Crippen LogP contribution is -2.25. The topological polar surface area (TPSA) is 64.2 Å². The third kappa shape index (κ3) is 3.11. The molecule has 0 unspecified atom stereocenters. The van der Waals surface area contributed by atoms with Crippen LogP contribution in [0, 0.1) is 6.92 Å². The zero-order valence-corrected chi connectivity index (χ0v) is 14.4. The zero-order chi connectivity index (χ0) is 17.0. The predicted octanol–water partition coefficient (Wildman–Crippen LogP) is 3.25. The highest BCUT2D eigenvalue weighted by molar-refractivity contribution is 5.95. The van der Waals surface area contributed by atoms with Gasteiger partial charge in [0.15, 0.2) is 0 Å². The number of rotatable bonds is 2. The summed E-state index contributed by atoms with van der Waals surface area (Å²) in [6, 6.07) is 5.34. The van der Waals surface area contributed by atoms with Crippen molar-refractivity contribution in [2.24, 2.45) is 0 Å². The van der Waals surface area contributed by atoms with Crippen LogP contribution in [0.2, 0.25) is 0 Å². The summed E-state index contributed by atoms with van der Waals surface area (Å²) in [5.41, 5.74) is 2.25. The summed E-state index contributed by atoms with van der Waals surface area (Å²) in [6.07, 6.45) is 0. The minimum absolute atomic E-state index is 0.0589. The molecule has 0 bridgehead atoms. The first-order valence-electron chi connectivity index (χ1n) is 7.88. The SMILES string of the molecule is Cc1ccc(NC(=O)N2CC2(C)C)cc1NC(=O)N1CC1(C)C. The molecule has 0 saturated carbocycles. The number of urea groups is 2. The molecule has 0 aliphatic carbocycles. The molecular weight excluding hydrogens is 292 g/mol. The number of anilines is 2. The van der Waals surface area contributed by atoms with Crippen molar-refractivity contribution in [1.29, 1.82) is 0 Å². The fourth-order valence-electron chi connectivity index (χ4n) is 2.60. The van der Waals surface area contributed by atoms with Gasteiger partial charge in [-0.25, -0.2) is 9.59 Å². The van der Waals surface area contributed by atoms with Crippen molar-refractivity contribution in [3.63, 3.8) is 0 Å². The number of amides is 4. The first kappa shape index (κ1) is 15.6. The molecule has 2 aliphatic rings. The van der Waals surface area contributed by atoms with Gasteiger partial charge in [-0.2, -0.15) is 0 Å². The third-order valence-corrected chi connectivity index (χ3v) is 4.57. The fourth-order valence-corrected chi connectivity index (χ4v) is 2.60. The molecule has 0 aromatic heterocycles. The second-order valence-electron chi connectivity index (χ2n) is 7.69. The molecule has 2 heterocycles. The molecule has 0 spiro atoms. The van der Waals surface area contributed by atoms with E-state index >= 15 is 0 Å². The summed E-state index contributed by atoms with van der Waals surface area (Å²) in [5.74, 6) is 0. The molecule has 0 atom stereocenters. The number of carbonyl (C=O) groups excluding carboxylic acids is 2. The lowest BCUT2D eigenvalue weighted by molar-refractivity contribution is 0.236. The standard InChI is InChI=1S/C17H24N4O2/c1-11-6-7-12(18-14(22)20-9-16(20,2)3)8-13(11)19-15(23)21-10-17(21,4)5/h6-8H,9-10H2,1-5H3,(H,18,22)(H,19,23). The van der Waals surface area contributed by atoms with Crippen molar-refractivity contribution in [2.75, 3.05) is 23.7 Å². The van der Waals surface area contributed by atoms with E-state index in [1.54, 1.807) is 15.9 Å². The van der Waals surface area contributed by atoms with Crippen LogP contribution in [0.25, 0.3) is 0 Å². The van der Waals surface area contributed by atoms with Crippen molar-refractivity contribution >= 4 is 23.4 Å². The smallest absolute Gasteiger partial charge is 0.315 e. The van der Waals surface area contributed by atoms with Gasteiger partial charge >= 0.3 is 12.1 Å². The summed E-state index contributed by atoms with van der Waals surface area (Å²) in [6.45, 7) is 11.6. The van der Waals surface area contributed by atoms with Gasteiger partial charge in [0, 0.05) is 24.5 Å². The minimum Gasteiger partial charge on any atom is -0.315 e. The fraction of sp³-hybridized carbons (Fsp3) is 0.529. The molecule has 2 saturated heterocycles. The van der Waals surface area contributed by atoms with Gasteiger partial charge in [0.05, 0.1) is 11.1 Å². The first-order valence-corrected chi connectivity index (χ1v) is 7.88. The number of hydrogen-bond acceptors (Lipinski definition) is 2. The molecule has 6 nitrogen and oxygen atoms in total. The molecule has 4 amide bonds. The van der Waals surface area contributed by atoms with Crippen LogP contribution >= 0.6 is 0 Å². The molecule has 1 aromatic carbocycles. The number of aryl methyl sites for hydroxylation is 1. The normalized spacial score (nSPS) is 20.0. The summed E-state index contributed by atoms with van der Waals surface area (Å²) >= 11 is 0. The second-order valence-corrected chi connectivity index (χ2v) is 7.69. The highest BCUT2D eigenvalue weighted by Gasteiger charge is 2.47. The Morgan fingerprint density at radius 1 is 0.957 bits per heavy atom. The van der Waals surface area contributed by atoms with Crippen LogP contribution in [0.15, 0.2) is 18.2 Å². The van der Waals surface area contributed by atoms with Crippen LogP contribution in [0.3, 0.4) is 0 Å². The Kier molecular flexibility index (Phi) is 3.32. The molecule has 1 aromatic rings. The highest BCUT2D eigenvalue weighted by atomic mass is 16.2. The van der Waals surface area contributed by atoms with E-state index in [9.17, 15) is 9.59 Å². The van der Waals surface area contributed by atoms with Crippen LogP contribution in [0.5, 0.6) is 0 Å². The molecule has 3 rings (SSSR count). The molecule has 6 heteroatoms. The van der Waals surface area contributed by atoms with E-state index in [0.717, 1.165) is 24.3 Å². The zero-order valence-electron chi connectivity index (χ0n) is 14.4. The van der Waals surface area contributed by atoms with Crippen molar-refractivity contribution in [1.82, 2.24) is 9.80 Å². The van der Waals surface area contributed by atoms with Gasteiger partial charge < -0.3 is 20.4 Å². The predicted molar refractivity (Wildman–Crippen MR) is 90.8 cm³/mol. The lowest BCUT2D eigenvalue weighted by atomic mass is 10.2. The van der Waals surface area contributed by atoms with Gasteiger partial charge in [0.1, 0.15) is 0 Å². The Labute approximate surface area is 136 Å². The minimum atomic E-state index is -0.108. The molecule has 23 heavy (non-hydrogen) atoms. The van der Waals surface area contributed by atoms with Gasteiger partial charge in [0.2, 0.25) is 0 Å². The molecule has 2 N–H and O–H groups in total. The van der Waals surface area contributed by atoms with Gasteiger partial charge in [-0.1, -0.05) is 6.07 Å². The molecule has 0 radical (unpaired) electrons. The first-order chi connectivity index (χ1) is 10.6.